The molecule has 4 heteroatoms. The van der Waals surface area contributed by atoms with Crippen molar-refractivity contribution in [2.75, 3.05) is 18.0 Å². The van der Waals surface area contributed by atoms with E-state index in [4.69, 9.17) is 5.73 Å². The van der Waals surface area contributed by atoms with Gasteiger partial charge in [-0.15, -0.1) is 11.3 Å². The third kappa shape index (κ3) is 1.84. The summed E-state index contributed by atoms with van der Waals surface area (Å²) in [5.74, 6) is 0. The third-order valence-corrected chi connectivity index (χ3v) is 3.37. The number of hydrogen-bond donors (Lipinski definition) is 1. The highest BCUT2D eigenvalue weighted by atomic mass is 32.1. The quantitative estimate of drug-likeness (QED) is 0.780. The average Bonchev–Trinajstić information content (AvgIpc) is 2.70. The Morgan fingerprint density at radius 1 is 1.62 bits per heavy atom. The Hall–Kier alpha value is -0.610. The third-order valence-electron chi connectivity index (χ3n) is 2.56. The van der Waals surface area contributed by atoms with Gasteiger partial charge in [-0.05, 0) is 19.3 Å². The van der Waals surface area contributed by atoms with Gasteiger partial charge in [-0.3, -0.25) is 0 Å². The first-order chi connectivity index (χ1) is 6.42. The molecule has 0 amide bonds. The highest BCUT2D eigenvalue weighted by Crippen LogP contribution is 2.25. The standard InChI is InChI=1S/C9H15N3S/c10-7-8-3-1-2-5-12(8)9-11-4-6-13-9/h4,6,8H,1-3,5,7,10H2. The Kier molecular flexibility index (Phi) is 2.80. The second kappa shape index (κ2) is 4.07. The van der Waals surface area contributed by atoms with Crippen molar-refractivity contribution < 1.29 is 0 Å². The number of thiazole rings is 1. The van der Waals surface area contributed by atoms with Gasteiger partial charge in [0.05, 0.1) is 0 Å². The topological polar surface area (TPSA) is 42.1 Å². The molecule has 0 saturated carbocycles. The van der Waals surface area contributed by atoms with Crippen LogP contribution in [0.15, 0.2) is 11.6 Å². The van der Waals surface area contributed by atoms with Gasteiger partial charge < -0.3 is 10.6 Å². The summed E-state index contributed by atoms with van der Waals surface area (Å²) in [4.78, 5) is 6.68. The zero-order valence-corrected chi connectivity index (χ0v) is 8.46. The van der Waals surface area contributed by atoms with Gasteiger partial charge in [-0.2, -0.15) is 0 Å². The molecule has 2 N–H and O–H groups in total. The van der Waals surface area contributed by atoms with Crippen LogP contribution in [0.2, 0.25) is 0 Å². The Bertz CT molecular complexity index is 247. The summed E-state index contributed by atoms with van der Waals surface area (Å²) in [6, 6.07) is 0.514. The molecule has 1 aliphatic heterocycles. The summed E-state index contributed by atoms with van der Waals surface area (Å²) in [7, 11) is 0. The van der Waals surface area contributed by atoms with Crippen molar-refractivity contribution in [1.29, 1.82) is 0 Å². The van der Waals surface area contributed by atoms with Gasteiger partial charge in [0.2, 0.25) is 0 Å². The van der Waals surface area contributed by atoms with E-state index in [9.17, 15) is 0 Å². The Morgan fingerprint density at radius 3 is 3.23 bits per heavy atom. The predicted octanol–water partition coefficient (Wildman–Crippen LogP) is 1.46. The highest BCUT2D eigenvalue weighted by Gasteiger charge is 2.22. The molecule has 2 rings (SSSR count). The van der Waals surface area contributed by atoms with Crippen molar-refractivity contribution in [3.8, 4) is 0 Å². The second-order valence-corrected chi connectivity index (χ2v) is 4.27. The molecule has 0 spiro atoms. The smallest absolute Gasteiger partial charge is 0.185 e. The lowest BCUT2D eigenvalue weighted by molar-refractivity contribution is 0.465. The first kappa shape index (κ1) is 8.97. The molecule has 1 aliphatic rings. The lowest BCUT2D eigenvalue weighted by Crippen LogP contribution is -2.44. The molecule has 0 aliphatic carbocycles. The van der Waals surface area contributed by atoms with Gasteiger partial charge in [0.15, 0.2) is 5.13 Å². The maximum atomic E-state index is 5.73. The average molecular weight is 197 g/mol. The number of nitrogens with two attached hydrogens (primary N) is 1. The fourth-order valence-electron chi connectivity index (χ4n) is 1.86. The van der Waals surface area contributed by atoms with Crippen LogP contribution in [0.5, 0.6) is 0 Å². The van der Waals surface area contributed by atoms with E-state index < -0.39 is 0 Å². The van der Waals surface area contributed by atoms with E-state index >= 15 is 0 Å². The molecule has 1 saturated heterocycles. The van der Waals surface area contributed by atoms with Crippen LogP contribution in [-0.2, 0) is 0 Å². The van der Waals surface area contributed by atoms with Gasteiger partial charge in [0.25, 0.3) is 0 Å². The number of anilines is 1. The van der Waals surface area contributed by atoms with Crippen molar-refractivity contribution in [3.63, 3.8) is 0 Å². The first-order valence-corrected chi connectivity index (χ1v) is 5.66. The summed E-state index contributed by atoms with van der Waals surface area (Å²) in [6.07, 6.45) is 5.66. The molecule has 1 aromatic rings. The van der Waals surface area contributed by atoms with Crippen molar-refractivity contribution >= 4 is 16.5 Å². The maximum absolute atomic E-state index is 5.73. The van der Waals surface area contributed by atoms with Crippen molar-refractivity contribution in [2.45, 2.75) is 25.3 Å². The number of nitrogens with zero attached hydrogens (tertiary/aromatic N) is 2. The maximum Gasteiger partial charge on any atom is 0.185 e. The summed E-state index contributed by atoms with van der Waals surface area (Å²) in [5, 5.41) is 3.16. The monoisotopic (exact) mass is 197 g/mol. The van der Waals surface area contributed by atoms with Crippen LogP contribution in [0, 0.1) is 0 Å². The van der Waals surface area contributed by atoms with E-state index in [1.807, 2.05) is 11.6 Å². The highest BCUT2D eigenvalue weighted by molar-refractivity contribution is 7.13. The molecule has 0 aromatic carbocycles. The van der Waals surface area contributed by atoms with Crippen molar-refractivity contribution in [3.05, 3.63) is 11.6 Å². The van der Waals surface area contributed by atoms with Gasteiger partial charge in [-0.25, -0.2) is 4.98 Å². The fraction of sp³-hybridized carbons (Fsp3) is 0.667. The van der Waals surface area contributed by atoms with Crippen molar-refractivity contribution in [1.82, 2.24) is 4.98 Å². The molecule has 2 heterocycles. The minimum Gasteiger partial charge on any atom is -0.344 e. The number of hydrogen-bond acceptors (Lipinski definition) is 4. The normalized spacial score (nSPS) is 23.5. The summed E-state index contributed by atoms with van der Waals surface area (Å²) in [5.41, 5.74) is 5.73. The lowest BCUT2D eigenvalue weighted by atomic mass is 10.0. The molecular weight excluding hydrogens is 182 g/mol. The molecule has 13 heavy (non-hydrogen) atoms. The molecule has 1 unspecified atom stereocenters. The lowest BCUT2D eigenvalue weighted by Gasteiger charge is -2.34. The van der Waals surface area contributed by atoms with E-state index in [-0.39, 0.29) is 0 Å². The Labute approximate surface area is 82.6 Å². The van der Waals surface area contributed by atoms with E-state index in [2.05, 4.69) is 9.88 Å². The summed E-state index contributed by atoms with van der Waals surface area (Å²) in [6.45, 7) is 1.87. The zero-order valence-electron chi connectivity index (χ0n) is 7.65. The molecule has 0 radical (unpaired) electrons. The van der Waals surface area contributed by atoms with E-state index in [0.717, 1.165) is 18.2 Å². The predicted molar refractivity (Wildman–Crippen MR) is 56.2 cm³/mol. The van der Waals surface area contributed by atoms with E-state index in [1.54, 1.807) is 11.3 Å². The number of piperidine rings is 1. The van der Waals surface area contributed by atoms with Gasteiger partial charge in [0, 0.05) is 30.7 Å². The van der Waals surface area contributed by atoms with Gasteiger partial charge >= 0.3 is 0 Å². The zero-order chi connectivity index (χ0) is 9.10. The number of aromatic nitrogens is 1. The molecule has 1 fully saturated rings. The number of rotatable bonds is 2. The molecule has 1 aromatic heterocycles. The SMILES string of the molecule is NCC1CCCCN1c1nccs1. The van der Waals surface area contributed by atoms with Crippen LogP contribution < -0.4 is 10.6 Å². The molecule has 1 atom stereocenters. The van der Waals surface area contributed by atoms with E-state index in [1.165, 1.54) is 19.3 Å². The minimum absolute atomic E-state index is 0.514. The fourth-order valence-corrected chi connectivity index (χ4v) is 2.60. The molecule has 72 valence electrons. The van der Waals surface area contributed by atoms with Crippen LogP contribution in [0.1, 0.15) is 19.3 Å². The van der Waals surface area contributed by atoms with Crippen LogP contribution in [0.3, 0.4) is 0 Å². The Morgan fingerprint density at radius 2 is 2.54 bits per heavy atom. The van der Waals surface area contributed by atoms with Crippen LogP contribution in [0.25, 0.3) is 0 Å². The molecule has 3 nitrogen and oxygen atoms in total. The molecule has 0 bridgehead atoms. The summed E-state index contributed by atoms with van der Waals surface area (Å²) >= 11 is 1.71. The van der Waals surface area contributed by atoms with Crippen LogP contribution in [0.4, 0.5) is 5.13 Å². The largest absolute Gasteiger partial charge is 0.344 e. The second-order valence-electron chi connectivity index (χ2n) is 3.39. The summed E-state index contributed by atoms with van der Waals surface area (Å²) < 4.78 is 0. The van der Waals surface area contributed by atoms with Crippen LogP contribution >= 0.6 is 11.3 Å². The van der Waals surface area contributed by atoms with Gasteiger partial charge in [0.1, 0.15) is 0 Å². The minimum atomic E-state index is 0.514. The van der Waals surface area contributed by atoms with Crippen LogP contribution in [-0.4, -0.2) is 24.1 Å². The molecular formula is C9H15N3S. The first-order valence-electron chi connectivity index (χ1n) is 4.78. The Balaban J connectivity index is 2.11. The van der Waals surface area contributed by atoms with E-state index in [0.29, 0.717) is 6.04 Å². The van der Waals surface area contributed by atoms with Gasteiger partial charge in [-0.1, -0.05) is 0 Å². The van der Waals surface area contributed by atoms with Crippen molar-refractivity contribution in [2.24, 2.45) is 5.73 Å².